The lowest BCUT2D eigenvalue weighted by molar-refractivity contribution is -0.384. The van der Waals surface area contributed by atoms with Gasteiger partial charge in [0.2, 0.25) is 0 Å². The number of nitro groups is 1. The van der Waals surface area contributed by atoms with E-state index in [4.69, 9.17) is 14.2 Å². The minimum Gasteiger partial charge on any atom is -0.494 e. The molecule has 0 fully saturated rings. The van der Waals surface area contributed by atoms with E-state index in [0.29, 0.717) is 37.6 Å². The van der Waals surface area contributed by atoms with E-state index in [-0.39, 0.29) is 31.3 Å². The molecule has 0 aliphatic heterocycles. The second kappa shape index (κ2) is 15.7. The Balaban J connectivity index is 1.55. The number of rotatable bonds is 16. The molecule has 0 aliphatic carbocycles. The first-order valence-electron chi connectivity index (χ1n) is 12.9. The van der Waals surface area contributed by atoms with Crippen LogP contribution in [0.2, 0.25) is 0 Å². The van der Waals surface area contributed by atoms with Crippen LogP contribution in [-0.2, 0) is 16.0 Å². The van der Waals surface area contributed by atoms with Gasteiger partial charge in [-0.1, -0.05) is 30.3 Å². The van der Waals surface area contributed by atoms with Crippen LogP contribution in [0.1, 0.15) is 18.9 Å². The van der Waals surface area contributed by atoms with Gasteiger partial charge in [0.1, 0.15) is 18.1 Å². The number of nitrogens with one attached hydrogen (secondary N) is 1. The van der Waals surface area contributed by atoms with Gasteiger partial charge in [0.15, 0.2) is 6.10 Å². The number of carbonyl (C=O) groups excluding carboxylic acids is 1. The Labute approximate surface area is 232 Å². The number of hydrogen-bond acceptors (Lipinski definition) is 7. The number of nitro benzene ring substituents is 1. The van der Waals surface area contributed by atoms with Gasteiger partial charge in [0.05, 0.1) is 18.1 Å². The Morgan fingerprint density at radius 3 is 2.20 bits per heavy atom. The van der Waals surface area contributed by atoms with Crippen molar-refractivity contribution in [3.05, 3.63) is 94.5 Å². The van der Waals surface area contributed by atoms with Crippen LogP contribution in [0.4, 0.5) is 16.2 Å². The van der Waals surface area contributed by atoms with Crippen LogP contribution >= 0.6 is 0 Å². The highest BCUT2D eigenvalue weighted by Gasteiger charge is 2.18. The monoisotopic (exact) mass is 551 g/mol. The van der Waals surface area contributed by atoms with E-state index in [2.05, 4.69) is 5.32 Å². The minimum atomic E-state index is -1.01. The van der Waals surface area contributed by atoms with E-state index < -0.39 is 17.0 Å². The number of para-hydroxylation sites is 1. The van der Waals surface area contributed by atoms with Gasteiger partial charge in [-0.2, -0.15) is 0 Å². The first kappa shape index (κ1) is 29.9. The van der Waals surface area contributed by atoms with Crippen molar-refractivity contribution in [1.29, 1.82) is 0 Å². The van der Waals surface area contributed by atoms with Crippen molar-refractivity contribution < 1.29 is 33.8 Å². The van der Waals surface area contributed by atoms with Crippen molar-refractivity contribution in [3.63, 3.8) is 0 Å². The molecule has 2 amide bonds. The lowest BCUT2D eigenvalue weighted by Gasteiger charge is -2.23. The van der Waals surface area contributed by atoms with Gasteiger partial charge in [-0.05, 0) is 55.3 Å². The maximum atomic E-state index is 13.0. The molecule has 3 aromatic rings. The summed E-state index contributed by atoms with van der Waals surface area (Å²) >= 11 is 0. The maximum Gasteiger partial charge on any atom is 0.333 e. The number of carbonyl (C=O) groups is 2. The number of carboxylic acids is 1. The van der Waals surface area contributed by atoms with E-state index in [0.717, 1.165) is 11.3 Å². The van der Waals surface area contributed by atoms with Crippen LogP contribution in [0.3, 0.4) is 0 Å². The molecule has 0 saturated carbocycles. The topological polar surface area (TPSA) is 140 Å². The van der Waals surface area contributed by atoms with E-state index >= 15 is 0 Å². The van der Waals surface area contributed by atoms with Crippen molar-refractivity contribution in [2.24, 2.45) is 0 Å². The number of aliphatic carboxylic acids is 1. The Morgan fingerprint density at radius 1 is 0.925 bits per heavy atom. The molecule has 0 spiro atoms. The smallest absolute Gasteiger partial charge is 0.333 e. The van der Waals surface area contributed by atoms with Crippen LogP contribution in [0.15, 0.2) is 78.9 Å². The number of urea groups is 1. The molecule has 1 atom stereocenters. The molecule has 0 bridgehead atoms. The van der Waals surface area contributed by atoms with Gasteiger partial charge in [-0.3, -0.25) is 10.1 Å². The third kappa shape index (κ3) is 9.91. The summed E-state index contributed by atoms with van der Waals surface area (Å²) in [5.41, 5.74) is 1.17. The molecule has 11 nitrogen and oxygen atoms in total. The van der Waals surface area contributed by atoms with Crippen molar-refractivity contribution >= 4 is 23.4 Å². The number of nitrogens with zero attached hydrogens (tertiary/aromatic N) is 2. The second-order valence-corrected chi connectivity index (χ2v) is 8.72. The molecule has 1 unspecified atom stereocenters. The van der Waals surface area contributed by atoms with Crippen LogP contribution in [-0.4, -0.2) is 65.9 Å². The fraction of sp³-hybridized carbons (Fsp3) is 0.310. The van der Waals surface area contributed by atoms with Crippen molar-refractivity contribution in [2.75, 3.05) is 38.2 Å². The summed E-state index contributed by atoms with van der Waals surface area (Å²) in [7, 11) is 0. The molecule has 0 radical (unpaired) electrons. The number of hydrogen-bond donors (Lipinski definition) is 2. The fourth-order valence-corrected chi connectivity index (χ4v) is 3.77. The van der Waals surface area contributed by atoms with Crippen molar-refractivity contribution in [3.8, 4) is 11.5 Å². The Bertz CT molecular complexity index is 1220. The Hall–Kier alpha value is -4.64. The standard InChI is InChI=1S/C29H33N3O8/c1-2-38-27(28(33)34)21-22-9-15-26(16-10-22)40-20-18-31(17-6-19-39-25-7-4-3-5-8-25)29(35)30-23-11-13-24(14-12-23)32(36)37/h3-5,7-16,27H,2,6,17-21H2,1H3,(H,30,35)(H,33,34). The number of ether oxygens (including phenoxy) is 3. The number of benzene rings is 3. The average molecular weight is 552 g/mol. The molecular formula is C29H33N3O8. The molecule has 2 N–H and O–H groups in total. The van der Waals surface area contributed by atoms with Gasteiger partial charge in [0.25, 0.3) is 5.69 Å². The molecule has 3 aromatic carbocycles. The summed E-state index contributed by atoms with van der Waals surface area (Å²) in [5, 5.41) is 22.9. The summed E-state index contributed by atoms with van der Waals surface area (Å²) < 4.78 is 16.8. The number of anilines is 1. The van der Waals surface area contributed by atoms with Crippen LogP contribution < -0.4 is 14.8 Å². The summed E-state index contributed by atoms with van der Waals surface area (Å²) in [4.78, 5) is 36.3. The molecule has 0 heterocycles. The van der Waals surface area contributed by atoms with Gasteiger partial charge in [0, 0.05) is 37.4 Å². The van der Waals surface area contributed by atoms with Crippen LogP contribution in [0.5, 0.6) is 11.5 Å². The highest BCUT2D eigenvalue weighted by atomic mass is 16.6. The molecule has 40 heavy (non-hydrogen) atoms. The van der Waals surface area contributed by atoms with Crippen LogP contribution in [0.25, 0.3) is 0 Å². The highest BCUT2D eigenvalue weighted by molar-refractivity contribution is 5.89. The first-order chi connectivity index (χ1) is 19.4. The highest BCUT2D eigenvalue weighted by Crippen LogP contribution is 2.17. The fourth-order valence-electron chi connectivity index (χ4n) is 3.77. The lowest BCUT2D eigenvalue weighted by Crippen LogP contribution is -2.39. The predicted molar refractivity (Wildman–Crippen MR) is 149 cm³/mol. The zero-order valence-corrected chi connectivity index (χ0v) is 22.2. The van der Waals surface area contributed by atoms with Gasteiger partial charge >= 0.3 is 12.0 Å². The third-order valence-electron chi connectivity index (χ3n) is 5.82. The molecule has 0 aromatic heterocycles. The summed E-state index contributed by atoms with van der Waals surface area (Å²) in [5.74, 6) is 0.311. The molecule has 3 rings (SSSR count). The molecule has 0 aliphatic rings. The predicted octanol–water partition coefficient (Wildman–Crippen LogP) is 5.01. The minimum absolute atomic E-state index is 0.0660. The Morgan fingerprint density at radius 2 is 1.57 bits per heavy atom. The van der Waals surface area contributed by atoms with Gasteiger partial charge in [-0.25, -0.2) is 9.59 Å². The lowest BCUT2D eigenvalue weighted by atomic mass is 10.1. The molecule has 0 saturated heterocycles. The molecular weight excluding hydrogens is 518 g/mol. The quantitative estimate of drug-likeness (QED) is 0.144. The number of carboxylic acid groups (broad SMARTS) is 1. The van der Waals surface area contributed by atoms with Crippen LogP contribution in [0, 0.1) is 10.1 Å². The number of amides is 2. The average Bonchev–Trinajstić information content (AvgIpc) is 2.95. The SMILES string of the molecule is CCOC(Cc1ccc(OCCN(CCCOc2ccccc2)C(=O)Nc2ccc([N+](=O)[O-])cc2)cc1)C(=O)O. The largest absolute Gasteiger partial charge is 0.494 e. The number of non-ortho nitro benzene ring substituents is 1. The zero-order chi connectivity index (χ0) is 28.7. The Kier molecular flexibility index (Phi) is 11.7. The van der Waals surface area contributed by atoms with Gasteiger partial charge < -0.3 is 29.5 Å². The van der Waals surface area contributed by atoms with Crippen molar-refractivity contribution in [2.45, 2.75) is 25.9 Å². The van der Waals surface area contributed by atoms with Gasteiger partial charge in [-0.15, -0.1) is 0 Å². The molecule has 11 heteroatoms. The summed E-state index contributed by atoms with van der Waals surface area (Å²) in [6.45, 7) is 3.35. The van der Waals surface area contributed by atoms with E-state index in [1.165, 1.54) is 24.3 Å². The van der Waals surface area contributed by atoms with Crippen molar-refractivity contribution in [1.82, 2.24) is 4.90 Å². The first-order valence-corrected chi connectivity index (χ1v) is 12.9. The van der Waals surface area contributed by atoms with E-state index in [9.17, 15) is 24.8 Å². The summed E-state index contributed by atoms with van der Waals surface area (Å²) in [6.07, 6.45) is -0.0992. The molecule has 212 valence electrons. The third-order valence-corrected chi connectivity index (χ3v) is 5.82. The van der Waals surface area contributed by atoms with E-state index in [1.807, 2.05) is 30.3 Å². The maximum absolute atomic E-state index is 13.0. The second-order valence-electron chi connectivity index (χ2n) is 8.72. The normalized spacial score (nSPS) is 11.3. The zero-order valence-electron chi connectivity index (χ0n) is 22.2. The summed E-state index contributed by atoms with van der Waals surface area (Å²) in [6, 6.07) is 21.7. The van der Waals surface area contributed by atoms with E-state index in [1.54, 1.807) is 36.1 Å².